The third kappa shape index (κ3) is 2.18. The average molecular weight is 296 g/mol. The Balaban J connectivity index is 2.48. The van der Waals surface area contributed by atoms with Crippen LogP contribution < -0.4 is 10.6 Å². The van der Waals surface area contributed by atoms with E-state index in [9.17, 15) is 13.2 Å². The molecule has 0 fully saturated rings. The summed E-state index contributed by atoms with van der Waals surface area (Å²) >= 11 is 0. The van der Waals surface area contributed by atoms with Crippen LogP contribution in [0.25, 0.3) is 0 Å². The van der Waals surface area contributed by atoms with Crippen LogP contribution in [-0.4, -0.2) is 31.4 Å². The molecule has 0 bridgehead atoms. The van der Waals surface area contributed by atoms with E-state index in [-0.39, 0.29) is 6.04 Å². The zero-order chi connectivity index (χ0) is 15.3. The van der Waals surface area contributed by atoms with Crippen molar-refractivity contribution < 1.29 is 13.2 Å². The van der Waals surface area contributed by atoms with E-state index in [0.29, 0.717) is 12.1 Å². The topological polar surface area (TPSA) is 80.5 Å². The zero-order valence-electron chi connectivity index (χ0n) is 12.2. The minimum Gasteiger partial charge on any atom is -0.399 e. The van der Waals surface area contributed by atoms with Gasteiger partial charge in [0.1, 0.15) is 4.75 Å². The number of amides is 1. The summed E-state index contributed by atoms with van der Waals surface area (Å²) in [6, 6.07) is 5.28. The normalized spacial score (nSPS) is 19.0. The van der Waals surface area contributed by atoms with Crippen molar-refractivity contribution in [3.05, 3.63) is 23.8 Å². The van der Waals surface area contributed by atoms with Crippen molar-refractivity contribution in [3.63, 3.8) is 0 Å². The molecule has 1 aromatic rings. The standard InChI is InChI=1S/C14H20N2O3S/c1-9-7-10-8-11(15)5-6-12(10)16(9)13(17)14(2,3)20(4,18)19/h5-6,8-9H,7,15H2,1-4H3. The predicted octanol–water partition coefficient (Wildman–Crippen LogP) is 1.37. The number of rotatable bonds is 2. The van der Waals surface area contributed by atoms with Gasteiger partial charge < -0.3 is 10.6 Å². The summed E-state index contributed by atoms with van der Waals surface area (Å²) in [5, 5.41) is 0. The van der Waals surface area contributed by atoms with Crippen molar-refractivity contribution in [1.82, 2.24) is 0 Å². The molecule has 0 saturated heterocycles. The fourth-order valence-corrected chi connectivity index (χ4v) is 2.82. The lowest BCUT2D eigenvalue weighted by Crippen LogP contribution is -2.51. The number of carbonyl (C=O) groups is 1. The van der Waals surface area contributed by atoms with Crippen molar-refractivity contribution >= 4 is 27.1 Å². The number of nitrogen functional groups attached to an aromatic ring is 1. The van der Waals surface area contributed by atoms with E-state index in [4.69, 9.17) is 5.73 Å². The van der Waals surface area contributed by atoms with Crippen LogP contribution in [-0.2, 0) is 21.1 Å². The summed E-state index contributed by atoms with van der Waals surface area (Å²) < 4.78 is 22.3. The molecule has 1 aliphatic rings. The van der Waals surface area contributed by atoms with Gasteiger partial charge in [0.2, 0.25) is 5.91 Å². The van der Waals surface area contributed by atoms with E-state index in [1.807, 2.05) is 13.0 Å². The minimum absolute atomic E-state index is 0.0691. The Bertz CT molecular complexity index is 665. The van der Waals surface area contributed by atoms with Gasteiger partial charge in [-0.2, -0.15) is 0 Å². The Morgan fingerprint density at radius 2 is 2.00 bits per heavy atom. The first-order chi connectivity index (χ1) is 9.05. The van der Waals surface area contributed by atoms with E-state index < -0.39 is 20.5 Å². The first kappa shape index (κ1) is 14.8. The molecule has 1 aliphatic heterocycles. The second-order valence-electron chi connectivity index (χ2n) is 5.90. The van der Waals surface area contributed by atoms with Crippen LogP contribution in [0, 0.1) is 0 Å². The van der Waals surface area contributed by atoms with Crippen LogP contribution in [0.2, 0.25) is 0 Å². The van der Waals surface area contributed by atoms with Gasteiger partial charge in [-0.05, 0) is 51.0 Å². The number of nitrogens with zero attached hydrogens (tertiary/aromatic N) is 1. The van der Waals surface area contributed by atoms with Crippen LogP contribution in [0.3, 0.4) is 0 Å². The summed E-state index contributed by atoms with van der Waals surface area (Å²) in [4.78, 5) is 14.3. The molecule has 0 saturated carbocycles. The quantitative estimate of drug-likeness (QED) is 0.836. The molecule has 0 aliphatic carbocycles. The largest absolute Gasteiger partial charge is 0.399 e. The Morgan fingerprint density at radius 3 is 2.55 bits per heavy atom. The molecule has 2 N–H and O–H groups in total. The summed E-state index contributed by atoms with van der Waals surface area (Å²) in [5.74, 6) is -0.393. The second-order valence-corrected chi connectivity index (χ2v) is 8.46. The van der Waals surface area contributed by atoms with E-state index in [0.717, 1.165) is 17.5 Å². The first-order valence-electron chi connectivity index (χ1n) is 6.47. The molecule has 1 atom stereocenters. The number of carbonyl (C=O) groups excluding carboxylic acids is 1. The number of hydrogen-bond acceptors (Lipinski definition) is 4. The highest BCUT2D eigenvalue weighted by atomic mass is 32.2. The maximum atomic E-state index is 12.7. The monoisotopic (exact) mass is 296 g/mol. The van der Waals surface area contributed by atoms with Gasteiger partial charge in [-0.3, -0.25) is 4.79 Å². The van der Waals surface area contributed by atoms with Crippen molar-refractivity contribution in [2.45, 2.75) is 38.0 Å². The molecule has 20 heavy (non-hydrogen) atoms. The van der Waals surface area contributed by atoms with E-state index >= 15 is 0 Å². The van der Waals surface area contributed by atoms with Crippen LogP contribution in [0.5, 0.6) is 0 Å². The highest BCUT2D eigenvalue weighted by Crippen LogP contribution is 2.36. The highest BCUT2D eigenvalue weighted by molar-refractivity contribution is 7.92. The number of sulfone groups is 1. The lowest BCUT2D eigenvalue weighted by Gasteiger charge is -2.31. The Hall–Kier alpha value is -1.56. The van der Waals surface area contributed by atoms with Gasteiger partial charge in [0.15, 0.2) is 9.84 Å². The highest BCUT2D eigenvalue weighted by Gasteiger charge is 2.45. The number of fused-ring (bicyclic) bond motifs is 1. The zero-order valence-corrected chi connectivity index (χ0v) is 13.0. The van der Waals surface area contributed by atoms with Crippen molar-refractivity contribution in [3.8, 4) is 0 Å². The van der Waals surface area contributed by atoms with Gasteiger partial charge in [-0.1, -0.05) is 0 Å². The number of nitrogens with two attached hydrogens (primary N) is 1. The van der Waals surface area contributed by atoms with Gasteiger partial charge >= 0.3 is 0 Å². The van der Waals surface area contributed by atoms with Crippen LogP contribution in [0.1, 0.15) is 26.3 Å². The Morgan fingerprint density at radius 1 is 1.40 bits per heavy atom. The predicted molar refractivity (Wildman–Crippen MR) is 80.4 cm³/mol. The summed E-state index contributed by atoms with van der Waals surface area (Å²) in [7, 11) is -3.49. The van der Waals surface area contributed by atoms with Crippen LogP contribution in [0.15, 0.2) is 18.2 Å². The molecular weight excluding hydrogens is 276 g/mol. The average Bonchev–Trinajstić information content (AvgIpc) is 2.61. The molecule has 0 spiro atoms. The van der Waals surface area contributed by atoms with Gasteiger partial charge in [0, 0.05) is 23.7 Å². The Kier molecular flexibility index (Phi) is 3.32. The smallest absolute Gasteiger partial charge is 0.248 e. The molecule has 5 nitrogen and oxygen atoms in total. The lowest BCUT2D eigenvalue weighted by atomic mass is 10.1. The molecule has 110 valence electrons. The molecule has 1 unspecified atom stereocenters. The fraction of sp³-hybridized carbons (Fsp3) is 0.500. The van der Waals surface area contributed by atoms with Gasteiger partial charge in [0.25, 0.3) is 0 Å². The number of benzene rings is 1. The number of hydrogen-bond donors (Lipinski definition) is 1. The third-order valence-electron chi connectivity index (χ3n) is 3.98. The van der Waals surface area contributed by atoms with Crippen LogP contribution in [0.4, 0.5) is 11.4 Å². The first-order valence-corrected chi connectivity index (χ1v) is 8.36. The van der Waals surface area contributed by atoms with E-state index in [1.54, 1.807) is 17.0 Å². The fourth-order valence-electron chi connectivity index (χ4n) is 2.41. The maximum absolute atomic E-state index is 12.7. The molecule has 1 amide bonds. The molecule has 2 rings (SSSR count). The SMILES string of the molecule is CC1Cc2cc(N)ccc2N1C(=O)C(C)(C)S(C)(=O)=O. The van der Waals surface area contributed by atoms with E-state index in [1.165, 1.54) is 13.8 Å². The summed E-state index contributed by atoms with van der Waals surface area (Å²) in [6.45, 7) is 4.81. The molecule has 6 heteroatoms. The number of anilines is 2. The van der Waals surface area contributed by atoms with Gasteiger partial charge in [-0.15, -0.1) is 0 Å². The lowest BCUT2D eigenvalue weighted by molar-refractivity contribution is -0.120. The van der Waals surface area contributed by atoms with E-state index in [2.05, 4.69) is 0 Å². The molecule has 0 radical (unpaired) electrons. The molecular formula is C14H20N2O3S. The van der Waals surface area contributed by atoms with Crippen molar-refractivity contribution in [1.29, 1.82) is 0 Å². The molecule has 1 aromatic carbocycles. The molecule has 1 heterocycles. The molecule has 0 aromatic heterocycles. The van der Waals surface area contributed by atoms with Gasteiger partial charge in [0.05, 0.1) is 0 Å². The third-order valence-corrected chi connectivity index (χ3v) is 6.01. The summed E-state index contributed by atoms with van der Waals surface area (Å²) in [6.07, 6.45) is 1.78. The maximum Gasteiger partial charge on any atom is 0.248 e. The second kappa shape index (κ2) is 4.48. The van der Waals surface area contributed by atoms with Crippen molar-refractivity contribution in [2.75, 3.05) is 16.9 Å². The minimum atomic E-state index is -3.49. The van der Waals surface area contributed by atoms with Crippen molar-refractivity contribution in [2.24, 2.45) is 0 Å². The summed E-state index contributed by atoms with van der Waals surface area (Å²) in [5.41, 5.74) is 8.14. The van der Waals surface area contributed by atoms with Gasteiger partial charge in [-0.25, -0.2) is 8.42 Å². The van der Waals surface area contributed by atoms with Crippen LogP contribution >= 0.6 is 0 Å². The Labute approximate surface area is 119 Å².